The second-order valence-corrected chi connectivity index (χ2v) is 9.62. The van der Waals surface area contributed by atoms with Crippen LogP contribution in [0.25, 0.3) is 0 Å². The van der Waals surface area contributed by atoms with Crippen molar-refractivity contribution >= 4 is 27.5 Å². The van der Waals surface area contributed by atoms with Crippen molar-refractivity contribution in [1.29, 1.82) is 0 Å². The standard InChI is InChI=1S/C15H23N3O4S2/c1-4-5-11-8-13(19)17-15(16-11)23-10(2)14(20)18(3)12-6-7-24(21,22)9-12/h8,10,12H,4-7,9H2,1-3H3,(H,16,17,19)/t10-,12+/m1/s1. The molecule has 1 amide bonds. The second kappa shape index (κ2) is 7.69. The summed E-state index contributed by atoms with van der Waals surface area (Å²) in [4.78, 5) is 32.7. The van der Waals surface area contributed by atoms with E-state index in [-0.39, 0.29) is 29.0 Å². The van der Waals surface area contributed by atoms with Crippen LogP contribution in [-0.4, -0.2) is 59.0 Å². The van der Waals surface area contributed by atoms with Gasteiger partial charge in [-0.3, -0.25) is 9.59 Å². The number of hydrogen-bond donors (Lipinski definition) is 1. The predicted octanol–water partition coefficient (Wildman–Crippen LogP) is 0.849. The molecule has 0 unspecified atom stereocenters. The summed E-state index contributed by atoms with van der Waals surface area (Å²) in [6, 6.07) is 1.19. The van der Waals surface area contributed by atoms with Gasteiger partial charge in [-0.2, -0.15) is 0 Å². The van der Waals surface area contributed by atoms with Crippen LogP contribution in [0.4, 0.5) is 0 Å². The van der Waals surface area contributed by atoms with E-state index >= 15 is 0 Å². The van der Waals surface area contributed by atoms with Crippen molar-refractivity contribution in [2.24, 2.45) is 0 Å². The summed E-state index contributed by atoms with van der Waals surface area (Å²) in [5.74, 6) is -0.0102. The highest BCUT2D eigenvalue weighted by molar-refractivity contribution is 8.00. The predicted molar refractivity (Wildman–Crippen MR) is 94.0 cm³/mol. The van der Waals surface area contributed by atoms with Gasteiger partial charge in [-0.25, -0.2) is 13.4 Å². The molecule has 2 rings (SSSR count). The van der Waals surface area contributed by atoms with Gasteiger partial charge in [-0.05, 0) is 19.8 Å². The van der Waals surface area contributed by atoms with Gasteiger partial charge in [0.1, 0.15) is 0 Å². The molecule has 24 heavy (non-hydrogen) atoms. The van der Waals surface area contributed by atoms with Crippen molar-refractivity contribution < 1.29 is 13.2 Å². The molecular formula is C15H23N3O4S2. The van der Waals surface area contributed by atoms with Crippen molar-refractivity contribution in [2.75, 3.05) is 18.6 Å². The summed E-state index contributed by atoms with van der Waals surface area (Å²) < 4.78 is 23.1. The average Bonchev–Trinajstić information content (AvgIpc) is 2.85. The van der Waals surface area contributed by atoms with E-state index in [0.717, 1.165) is 6.42 Å². The molecule has 7 nitrogen and oxygen atoms in total. The Balaban J connectivity index is 2.05. The first kappa shape index (κ1) is 19.0. The number of sulfone groups is 1. The molecule has 1 aromatic rings. The van der Waals surface area contributed by atoms with E-state index in [2.05, 4.69) is 9.97 Å². The molecule has 1 N–H and O–H groups in total. The molecule has 2 heterocycles. The van der Waals surface area contributed by atoms with E-state index < -0.39 is 15.1 Å². The smallest absolute Gasteiger partial charge is 0.251 e. The second-order valence-electron chi connectivity index (χ2n) is 6.06. The van der Waals surface area contributed by atoms with Crippen LogP contribution in [0.1, 0.15) is 32.4 Å². The average molecular weight is 374 g/mol. The topological polar surface area (TPSA) is 100 Å². The van der Waals surface area contributed by atoms with Gasteiger partial charge in [-0.15, -0.1) is 0 Å². The van der Waals surface area contributed by atoms with Gasteiger partial charge in [0.25, 0.3) is 5.56 Å². The van der Waals surface area contributed by atoms with Crippen LogP contribution in [0.5, 0.6) is 0 Å². The monoisotopic (exact) mass is 373 g/mol. The van der Waals surface area contributed by atoms with Gasteiger partial charge in [0, 0.05) is 24.8 Å². The molecule has 0 saturated carbocycles. The Kier molecular flexibility index (Phi) is 6.08. The lowest BCUT2D eigenvalue weighted by Crippen LogP contribution is -2.41. The molecule has 0 aromatic carbocycles. The fourth-order valence-electron chi connectivity index (χ4n) is 2.69. The van der Waals surface area contributed by atoms with Gasteiger partial charge in [-0.1, -0.05) is 25.1 Å². The van der Waals surface area contributed by atoms with Crippen molar-refractivity contribution in [1.82, 2.24) is 14.9 Å². The molecule has 1 saturated heterocycles. The molecular weight excluding hydrogens is 350 g/mol. The van der Waals surface area contributed by atoms with E-state index in [1.807, 2.05) is 6.92 Å². The zero-order valence-corrected chi connectivity index (χ0v) is 15.7. The minimum absolute atomic E-state index is 0.0215. The molecule has 0 radical (unpaired) electrons. The number of hydrogen-bond acceptors (Lipinski definition) is 6. The van der Waals surface area contributed by atoms with Crippen LogP contribution in [0.15, 0.2) is 16.0 Å². The minimum Gasteiger partial charge on any atom is -0.341 e. The van der Waals surface area contributed by atoms with Gasteiger partial charge in [0.15, 0.2) is 15.0 Å². The Morgan fingerprint density at radius 2 is 2.25 bits per heavy atom. The third kappa shape index (κ3) is 4.83. The lowest BCUT2D eigenvalue weighted by molar-refractivity contribution is -0.130. The lowest BCUT2D eigenvalue weighted by atomic mass is 10.2. The SMILES string of the molecule is CCCc1cc(=O)[nH]c(S[C@H](C)C(=O)N(C)[C@H]2CCS(=O)(=O)C2)n1. The molecule has 0 bridgehead atoms. The molecule has 2 atom stereocenters. The first-order valence-electron chi connectivity index (χ1n) is 7.96. The highest BCUT2D eigenvalue weighted by atomic mass is 32.2. The summed E-state index contributed by atoms with van der Waals surface area (Å²) >= 11 is 1.19. The van der Waals surface area contributed by atoms with Crippen LogP contribution in [0.2, 0.25) is 0 Å². The van der Waals surface area contributed by atoms with Gasteiger partial charge >= 0.3 is 0 Å². The van der Waals surface area contributed by atoms with E-state index in [1.54, 1.807) is 14.0 Å². The third-order valence-electron chi connectivity index (χ3n) is 4.02. The highest BCUT2D eigenvalue weighted by Gasteiger charge is 2.34. The normalized spacial score (nSPS) is 20.7. The third-order valence-corrected chi connectivity index (χ3v) is 6.74. The Labute approximate surface area is 146 Å². The van der Waals surface area contributed by atoms with Crippen LogP contribution in [0, 0.1) is 0 Å². The van der Waals surface area contributed by atoms with Crippen molar-refractivity contribution in [3.8, 4) is 0 Å². The summed E-state index contributed by atoms with van der Waals surface area (Å²) in [7, 11) is -1.40. The first-order valence-corrected chi connectivity index (χ1v) is 10.7. The number of aromatic nitrogens is 2. The maximum atomic E-state index is 12.5. The number of carbonyl (C=O) groups excluding carboxylic acids is 1. The van der Waals surface area contributed by atoms with Crippen molar-refractivity contribution in [3.63, 3.8) is 0 Å². The molecule has 1 aliphatic rings. The van der Waals surface area contributed by atoms with E-state index in [9.17, 15) is 18.0 Å². The fourth-order valence-corrected chi connectivity index (χ4v) is 5.39. The minimum atomic E-state index is -3.04. The van der Waals surface area contributed by atoms with Gasteiger partial charge < -0.3 is 9.88 Å². The van der Waals surface area contributed by atoms with Gasteiger partial charge in [0.2, 0.25) is 5.91 Å². The quantitative estimate of drug-likeness (QED) is 0.586. The van der Waals surface area contributed by atoms with Crippen LogP contribution >= 0.6 is 11.8 Å². The maximum Gasteiger partial charge on any atom is 0.251 e. The summed E-state index contributed by atoms with van der Waals surface area (Å²) in [6.07, 6.45) is 2.07. The van der Waals surface area contributed by atoms with E-state index in [1.165, 1.54) is 22.7 Å². The number of H-pyrrole nitrogens is 1. The maximum absolute atomic E-state index is 12.5. The fraction of sp³-hybridized carbons (Fsp3) is 0.667. The number of amides is 1. The van der Waals surface area contributed by atoms with Gasteiger partial charge in [0.05, 0.1) is 16.8 Å². The Hall–Kier alpha value is -1.35. The molecule has 0 spiro atoms. The number of nitrogens with one attached hydrogen (secondary N) is 1. The molecule has 9 heteroatoms. The molecule has 1 aromatic heterocycles. The Morgan fingerprint density at radius 1 is 1.54 bits per heavy atom. The Morgan fingerprint density at radius 3 is 2.83 bits per heavy atom. The zero-order chi connectivity index (χ0) is 17.9. The summed E-state index contributed by atoms with van der Waals surface area (Å²) in [5, 5.41) is -0.0439. The first-order chi connectivity index (χ1) is 11.2. The molecule has 1 fully saturated rings. The van der Waals surface area contributed by atoms with Crippen LogP contribution in [-0.2, 0) is 21.1 Å². The van der Waals surface area contributed by atoms with E-state index in [4.69, 9.17) is 0 Å². The summed E-state index contributed by atoms with van der Waals surface area (Å²) in [6.45, 7) is 3.74. The molecule has 0 aliphatic carbocycles. The number of aromatic amines is 1. The molecule has 134 valence electrons. The van der Waals surface area contributed by atoms with Crippen molar-refractivity contribution in [3.05, 3.63) is 22.1 Å². The highest BCUT2D eigenvalue weighted by Crippen LogP contribution is 2.23. The lowest BCUT2D eigenvalue weighted by Gasteiger charge is -2.26. The van der Waals surface area contributed by atoms with E-state index in [0.29, 0.717) is 23.7 Å². The van der Waals surface area contributed by atoms with Crippen molar-refractivity contribution in [2.45, 2.75) is 49.6 Å². The summed E-state index contributed by atoms with van der Waals surface area (Å²) in [5.41, 5.74) is 0.476. The zero-order valence-electron chi connectivity index (χ0n) is 14.1. The van der Waals surface area contributed by atoms with Crippen LogP contribution < -0.4 is 5.56 Å². The number of carbonyl (C=O) groups is 1. The Bertz CT molecular complexity index is 760. The number of rotatable bonds is 6. The molecule has 1 aliphatic heterocycles. The largest absolute Gasteiger partial charge is 0.341 e. The number of thioether (sulfide) groups is 1. The van der Waals surface area contributed by atoms with Crippen LogP contribution in [0.3, 0.4) is 0 Å². The number of nitrogens with zero attached hydrogens (tertiary/aromatic N) is 2. The number of aryl methyl sites for hydroxylation is 1.